The molecule has 2 rings (SSSR count). The van der Waals surface area contributed by atoms with Gasteiger partial charge in [-0.25, -0.2) is 4.39 Å². The van der Waals surface area contributed by atoms with E-state index in [-0.39, 0.29) is 5.82 Å². The molecule has 100 valence electrons. The quantitative estimate of drug-likeness (QED) is 0.627. The molecule has 2 unspecified atom stereocenters. The summed E-state index contributed by atoms with van der Waals surface area (Å²) in [7, 11) is 2.13. The van der Waals surface area contributed by atoms with Crippen LogP contribution in [0.4, 0.5) is 15.8 Å². The lowest BCUT2D eigenvalue weighted by Crippen LogP contribution is -2.43. The minimum absolute atomic E-state index is 0.215. The SMILES string of the molecule is CC1CN(C)CCC1Nc1cc(F)c(I)cc1N. The van der Waals surface area contributed by atoms with E-state index in [1.807, 2.05) is 22.6 Å². The number of rotatable bonds is 2. The van der Waals surface area contributed by atoms with Gasteiger partial charge in [-0.3, -0.25) is 0 Å². The number of likely N-dealkylation sites (tertiary alicyclic amines) is 1. The van der Waals surface area contributed by atoms with Crippen LogP contribution in [0.3, 0.4) is 0 Å². The van der Waals surface area contributed by atoms with Crippen LogP contribution in [0.25, 0.3) is 0 Å². The average Bonchev–Trinajstić information content (AvgIpc) is 2.29. The Hall–Kier alpha value is -0.560. The zero-order valence-electron chi connectivity index (χ0n) is 10.7. The van der Waals surface area contributed by atoms with Crippen LogP contribution in [0, 0.1) is 15.3 Å². The van der Waals surface area contributed by atoms with Crippen LogP contribution in [0.2, 0.25) is 0 Å². The van der Waals surface area contributed by atoms with E-state index >= 15 is 0 Å². The van der Waals surface area contributed by atoms with Gasteiger partial charge in [-0.1, -0.05) is 6.92 Å². The van der Waals surface area contributed by atoms with Crippen LogP contribution in [-0.2, 0) is 0 Å². The average molecular weight is 363 g/mol. The van der Waals surface area contributed by atoms with Crippen LogP contribution >= 0.6 is 22.6 Å². The molecule has 1 fully saturated rings. The molecule has 0 aromatic heterocycles. The Balaban J connectivity index is 2.12. The second-order valence-electron chi connectivity index (χ2n) is 5.13. The van der Waals surface area contributed by atoms with E-state index in [1.165, 1.54) is 6.07 Å². The standard InChI is InChI=1S/C13H19FIN3/c1-8-7-18(2)4-3-12(8)17-13-5-9(14)10(15)6-11(13)16/h5-6,8,12,17H,3-4,7,16H2,1-2H3. The number of benzene rings is 1. The van der Waals surface area contributed by atoms with E-state index in [2.05, 4.69) is 24.2 Å². The first-order chi connectivity index (χ1) is 8.47. The van der Waals surface area contributed by atoms with Gasteiger partial charge in [0, 0.05) is 18.7 Å². The minimum Gasteiger partial charge on any atom is -0.397 e. The zero-order valence-corrected chi connectivity index (χ0v) is 12.9. The molecule has 1 heterocycles. The third-order valence-electron chi connectivity index (χ3n) is 3.54. The van der Waals surface area contributed by atoms with Crippen molar-refractivity contribution in [1.82, 2.24) is 4.90 Å². The van der Waals surface area contributed by atoms with Crippen molar-refractivity contribution in [3.63, 3.8) is 0 Å². The fourth-order valence-electron chi connectivity index (χ4n) is 2.46. The molecule has 0 spiro atoms. The maximum absolute atomic E-state index is 13.6. The molecule has 1 aromatic carbocycles. The van der Waals surface area contributed by atoms with Crippen LogP contribution in [0.1, 0.15) is 13.3 Å². The van der Waals surface area contributed by atoms with Crippen LogP contribution in [0.15, 0.2) is 12.1 Å². The molecule has 0 bridgehead atoms. The largest absolute Gasteiger partial charge is 0.397 e. The molecule has 0 saturated carbocycles. The highest BCUT2D eigenvalue weighted by atomic mass is 127. The van der Waals surface area contributed by atoms with Gasteiger partial charge in [0.1, 0.15) is 5.82 Å². The van der Waals surface area contributed by atoms with Crippen molar-refractivity contribution in [2.45, 2.75) is 19.4 Å². The smallest absolute Gasteiger partial charge is 0.138 e. The molecular formula is C13H19FIN3. The first-order valence-electron chi connectivity index (χ1n) is 6.17. The van der Waals surface area contributed by atoms with Crippen molar-refractivity contribution in [2.75, 3.05) is 31.2 Å². The molecule has 0 amide bonds. The zero-order chi connectivity index (χ0) is 13.3. The van der Waals surface area contributed by atoms with Crippen molar-refractivity contribution >= 4 is 34.0 Å². The fraction of sp³-hybridized carbons (Fsp3) is 0.538. The summed E-state index contributed by atoms with van der Waals surface area (Å²) in [6.45, 7) is 4.34. The normalized spacial score (nSPS) is 25.1. The predicted molar refractivity (Wildman–Crippen MR) is 82.2 cm³/mol. The van der Waals surface area contributed by atoms with Gasteiger partial charge in [-0.2, -0.15) is 0 Å². The molecular weight excluding hydrogens is 344 g/mol. The van der Waals surface area contributed by atoms with E-state index in [9.17, 15) is 4.39 Å². The molecule has 1 aliphatic rings. The fourth-order valence-corrected chi connectivity index (χ4v) is 2.95. The maximum Gasteiger partial charge on any atom is 0.138 e. The number of hydrogen-bond donors (Lipinski definition) is 2. The van der Waals surface area contributed by atoms with Crippen molar-refractivity contribution in [3.8, 4) is 0 Å². The summed E-state index contributed by atoms with van der Waals surface area (Å²) in [6.07, 6.45) is 1.06. The number of nitrogens with one attached hydrogen (secondary N) is 1. The summed E-state index contributed by atoms with van der Waals surface area (Å²) in [5, 5.41) is 3.39. The molecule has 18 heavy (non-hydrogen) atoms. The van der Waals surface area contributed by atoms with Crippen molar-refractivity contribution < 1.29 is 4.39 Å². The van der Waals surface area contributed by atoms with Crippen LogP contribution in [-0.4, -0.2) is 31.1 Å². The molecule has 0 radical (unpaired) electrons. The number of anilines is 2. The second-order valence-corrected chi connectivity index (χ2v) is 6.29. The first kappa shape index (κ1) is 13.9. The Morgan fingerprint density at radius 1 is 1.50 bits per heavy atom. The number of halogens is 2. The predicted octanol–water partition coefficient (Wildman–Crippen LogP) is 2.76. The van der Waals surface area contributed by atoms with E-state index in [1.54, 1.807) is 6.07 Å². The molecule has 3 nitrogen and oxygen atoms in total. The van der Waals surface area contributed by atoms with Gasteiger partial charge in [0.15, 0.2) is 0 Å². The van der Waals surface area contributed by atoms with Crippen LogP contribution < -0.4 is 11.1 Å². The molecule has 3 N–H and O–H groups in total. The molecule has 0 aliphatic carbocycles. The van der Waals surface area contributed by atoms with Crippen molar-refractivity contribution in [1.29, 1.82) is 0 Å². The maximum atomic E-state index is 13.6. The second kappa shape index (κ2) is 5.61. The topological polar surface area (TPSA) is 41.3 Å². The monoisotopic (exact) mass is 363 g/mol. The Bertz CT molecular complexity index is 438. The van der Waals surface area contributed by atoms with E-state index in [0.717, 1.165) is 19.5 Å². The molecule has 1 aliphatic heterocycles. The van der Waals surface area contributed by atoms with E-state index in [4.69, 9.17) is 5.73 Å². The van der Waals surface area contributed by atoms with Crippen molar-refractivity contribution in [2.24, 2.45) is 5.92 Å². The summed E-state index contributed by atoms with van der Waals surface area (Å²) in [6, 6.07) is 3.54. The summed E-state index contributed by atoms with van der Waals surface area (Å²) in [5.74, 6) is 0.318. The third-order valence-corrected chi connectivity index (χ3v) is 4.37. The van der Waals surface area contributed by atoms with Gasteiger partial charge >= 0.3 is 0 Å². The first-order valence-corrected chi connectivity index (χ1v) is 7.25. The number of nitrogens with zero attached hydrogens (tertiary/aromatic N) is 1. The van der Waals surface area contributed by atoms with Crippen molar-refractivity contribution in [3.05, 3.63) is 21.5 Å². The lowest BCUT2D eigenvalue weighted by molar-refractivity contribution is 0.206. The Morgan fingerprint density at radius 3 is 2.89 bits per heavy atom. The number of hydrogen-bond acceptors (Lipinski definition) is 3. The van der Waals surface area contributed by atoms with E-state index in [0.29, 0.717) is 26.9 Å². The van der Waals surface area contributed by atoms with E-state index < -0.39 is 0 Å². The molecule has 5 heteroatoms. The highest BCUT2D eigenvalue weighted by Gasteiger charge is 2.24. The minimum atomic E-state index is -0.215. The number of nitrogen functional groups attached to an aromatic ring is 1. The van der Waals surface area contributed by atoms with Gasteiger partial charge < -0.3 is 16.0 Å². The summed E-state index contributed by atoms with van der Waals surface area (Å²) < 4.78 is 14.1. The van der Waals surface area contributed by atoms with Gasteiger partial charge in [-0.15, -0.1) is 0 Å². The Kier molecular flexibility index (Phi) is 4.32. The third kappa shape index (κ3) is 3.06. The Labute approximate surface area is 121 Å². The number of piperidine rings is 1. The summed E-state index contributed by atoms with van der Waals surface area (Å²) >= 11 is 1.95. The lowest BCUT2D eigenvalue weighted by atomic mass is 9.94. The molecule has 2 atom stereocenters. The molecule has 1 aromatic rings. The Morgan fingerprint density at radius 2 is 2.22 bits per heavy atom. The molecule has 1 saturated heterocycles. The van der Waals surface area contributed by atoms with Gasteiger partial charge in [0.2, 0.25) is 0 Å². The van der Waals surface area contributed by atoms with Gasteiger partial charge in [0.25, 0.3) is 0 Å². The van der Waals surface area contributed by atoms with Gasteiger partial charge in [0.05, 0.1) is 14.9 Å². The summed E-state index contributed by atoms with van der Waals surface area (Å²) in [4.78, 5) is 2.32. The number of nitrogens with two attached hydrogens (primary N) is 1. The highest BCUT2D eigenvalue weighted by molar-refractivity contribution is 14.1. The summed E-state index contributed by atoms with van der Waals surface area (Å²) in [5.41, 5.74) is 7.27. The highest BCUT2D eigenvalue weighted by Crippen LogP contribution is 2.27. The van der Waals surface area contributed by atoms with Crippen LogP contribution in [0.5, 0.6) is 0 Å². The lowest BCUT2D eigenvalue weighted by Gasteiger charge is -2.36. The van der Waals surface area contributed by atoms with Gasteiger partial charge in [-0.05, 0) is 54.6 Å².